The molecule has 2 N–H and O–H groups in total. The Bertz CT molecular complexity index is 979. The Morgan fingerprint density at radius 3 is 2.67 bits per heavy atom. The van der Waals surface area contributed by atoms with Gasteiger partial charge in [0.1, 0.15) is 11.6 Å². The summed E-state index contributed by atoms with van der Waals surface area (Å²) in [7, 11) is 0. The fourth-order valence-corrected chi connectivity index (χ4v) is 4.03. The zero-order valence-electron chi connectivity index (χ0n) is 17.5. The highest BCUT2D eigenvalue weighted by Gasteiger charge is 2.31. The molecule has 2 aromatic rings. The molecule has 4 rings (SSSR count). The van der Waals surface area contributed by atoms with Crippen molar-refractivity contribution in [1.82, 2.24) is 25.2 Å². The van der Waals surface area contributed by atoms with E-state index in [2.05, 4.69) is 26.3 Å². The number of carbonyl (C=O) groups excluding carboxylic acids is 2. The average molecular weight is 409 g/mol. The van der Waals surface area contributed by atoms with E-state index in [1.807, 2.05) is 13.8 Å². The van der Waals surface area contributed by atoms with Crippen molar-refractivity contribution in [2.75, 3.05) is 13.1 Å². The number of nitrogens with zero attached hydrogens (tertiary/aromatic N) is 4. The number of hydrogen-bond donors (Lipinski definition) is 2. The van der Waals surface area contributed by atoms with E-state index in [4.69, 9.17) is 5.26 Å². The van der Waals surface area contributed by atoms with Crippen molar-refractivity contribution in [1.29, 1.82) is 5.26 Å². The fourth-order valence-electron chi connectivity index (χ4n) is 4.03. The van der Waals surface area contributed by atoms with Crippen LogP contribution in [0.2, 0.25) is 0 Å². The lowest BCUT2D eigenvalue weighted by molar-refractivity contribution is -0.134. The monoisotopic (exact) mass is 408 g/mol. The first-order chi connectivity index (χ1) is 14.5. The third kappa shape index (κ3) is 4.30. The van der Waals surface area contributed by atoms with Crippen LogP contribution in [0.1, 0.15) is 67.9 Å². The molecule has 2 aliphatic rings. The zero-order valence-corrected chi connectivity index (χ0v) is 17.5. The number of H-pyrrole nitrogens is 1. The number of amides is 2. The van der Waals surface area contributed by atoms with E-state index < -0.39 is 6.04 Å². The average Bonchev–Trinajstić information content (AvgIpc) is 3.51. The van der Waals surface area contributed by atoms with Crippen LogP contribution in [-0.4, -0.2) is 50.8 Å². The molecule has 8 heteroatoms. The lowest BCUT2D eigenvalue weighted by Gasteiger charge is -2.33. The van der Waals surface area contributed by atoms with Crippen molar-refractivity contribution in [2.24, 2.45) is 11.8 Å². The minimum Gasteiger partial charge on any atom is -0.344 e. The first-order valence-corrected chi connectivity index (χ1v) is 10.8. The molecule has 3 heterocycles. The molecule has 1 atom stereocenters. The quantitative estimate of drug-likeness (QED) is 0.763. The number of nitrogens with one attached hydrogen (secondary N) is 2. The Labute approximate surface area is 176 Å². The van der Waals surface area contributed by atoms with Crippen molar-refractivity contribution in [3.8, 4) is 6.07 Å². The smallest absolute Gasteiger partial charge is 0.255 e. The van der Waals surface area contributed by atoms with E-state index in [9.17, 15) is 9.59 Å². The van der Waals surface area contributed by atoms with Gasteiger partial charge in [0.25, 0.3) is 5.91 Å². The van der Waals surface area contributed by atoms with Crippen molar-refractivity contribution < 1.29 is 9.59 Å². The minimum absolute atomic E-state index is 0.0117. The summed E-state index contributed by atoms with van der Waals surface area (Å²) in [5.41, 5.74) is 2.48. The molecule has 1 aliphatic heterocycles. The van der Waals surface area contributed by atoms with Crippen LogP contribution in [0, 0.1) is 23.2 Å². The number of rotatable bonds is 6. The molecule has 0 radical (unpaired) electrons. The van der Waals surface area contributed by atoms with E-state index in [1.54, 1.807) is 17.3 Å². The predicted octanol–water partition coefficient (Wildman–Crippen LogP) is 2.74. The van der Waals surface area contributed by atoms with Gasteiger partial charge >= 0.3 is 0 Å². The number of carbonyl (C=O) groups is 2. The second kappa shape index (κ2) is 8.42. The van der Waals surface area contributed by atoms with E-state index in [0.717, 1.165) is 18.5 Å². The van der Waals surface area contributed by atoms with Crippen molar-refractivity contribution >= 4 is 23.0 Å². The molecular formula is C22H28N6O2. The van der Waals surface area contributed by atoms with E-state index in [0.29, 0.717) is 55.0 Å². The van der Waals surface area contributed by atoms with Gasteiger partial charge in [-0.2, -0.15) is 5.26 Å². The summed E-state index contributed by atoms with van der Waals surface area (Å²) in [5, 5.41) is 12.0. The summed E-state index contributed by atoms with van der Waals surface area (Å²) in [6.07, 6.45) is 7.54. The van der Waals surface area contributed by atoms with E-state index >= 15 is 0 Å². The maximum atomic E-state index is 13.1. The molecule has 158 valence electrons. The number of hydrogen-bond acceptors (Lipinski definition) is 5. The SMILES string of the molecule is CC(C)C[C@@H](NC(=O)c1c[nH]c2ncc(C3CC3)nc12)C(=O)N1CCC(C#N)CC1. The van der Waals surface area contributed by atoms with Crippen LogP contribution < -0.4 is 5.32 Å². The number of aromatic nitrogens is 3. The first-order valence-electron chi connectivity index (χ1n) is 10.8. The molecule has 8 nitrogen and oxygen atoms in total. The van der Waals surface area contributed by atoms with Crippen molar-refractivity contribution in [3.05, 3.63) is 23.7 Å². The Hall–Kier alpha value is -2.95. The van der Waals surface area contributed by atoms with E-state index in [-0.39, 0.29) is 23.7 Å². The number of piperidine rings is 1. The van der Waals surface area contributed by atoms with Gasteiger partial charge in [0.15, 0.2) is 5.65 Å². The van der Waals surface area contributed by atoms with Crippen molar-refractivity contribution in [2.45, 2.75) is 57.9 Å². The van der Waals surface area contributed by atoms with Crippen LogP contribution in [0.25, 0.3) is 11.2 Å². The van der Waals surface area contributed by atoms with Crippen LogP contribution in [0.5, 0.6) is 0 Å². The van der Waals surface area contributed by atoms with Gasteiger partial charge in [-0.25, -0.2) is 9.97 Å². The topological polar surface area (TPSA) is 115 Å². The summed E-state index contributed by atoms with van der Waals surface area (Å²) in [6, 6.07) is 1.69. The molecule has 1 saturated heterocycles. The van der Waals surface area contributed by atoms with Crippen LogP contribution >= 0.6 is 0 Å². The zero-order chi connectivity index (χ0) is 21.3. The van der Waals surface area contributed by atoms with Crippen molar-refractivity contribution in [3.63, 3.8) is 0 Å². The minimum atomic E-state index is -0.597. The Morgan fingerprint density at radius 1 is 1.30 bits per heavy atom. The standard InChI is InChI=1S/C22H28N6O2/c1-13(2)9-17(22(30)28-7-5-14(10-23)6-8-28)27-21(29)16-11-24-20-19(16)26-18(12-25-20)15-3-4-15/h11-15,17H,3-9H2,1-2H3,(H,24,25)(H,27,29)/t17-/m1/s1. The summed E-state index contributed by atoms with van der Waals surface area (Å²) >= 11 is 0. The maximum absolute atomic E-state index is 13.1. The molecule has 1 saturated carbocycles. The van der Waals surface area contributed by atoms with Crippen LogP contribution in [0.3, 0.4) is 0 Å². The molecule has 0 unspecified atom stereocenters. The van der Waals surface area contributed by atoms with Crippen LogP contribution in [0.15, 0.2) is 12.4 Å². The molecule has 30 heavy (non-hydrogen) atoms. The number of fused-ring (bicyclic) bond motifs is 1. The normalized spacial score (nSPS) is 18.4. The molecule has 2 amide bonds. The second-order valence-corrected chi connectivity index (χ2v) is 8.85. The highest BCUT2D eigenvalue weighted by Crippen LogP contribution is 2.39. The largest absolute Gasteiger partial charge is 0.344 e. The van der Waals surface area contributed by atoms with E-state index in [1.165, 1.54) is 0 Å². The molecule has 2 fully saturated rings. The van der Waals surface area contributed by atoms with Crippen LogP contribution in [0.4, 0.5) is 0 Å². The predicted molar refractivity (Wildman–Crippen MR) is 111 cm³/mol. The second-order valence-electron chi connectivity index (χ2n) is 8.85. The summed E-state index contributed by atoms with van der Waals surface area (Å²) < 4.78 is 0. The van der Waals surface area contributed by atoms with Gasteiger partial charge < -0.3 is 15.2 Å². The van der Waals surface area contributed by atoms with Gasteiger partial charge in [-0.05, 0) is 38.0 Å². The number of aromatic amines is 1. The van der Waals surface area contributed by atoms with Gasteiger partial charge in [-0.15, -0.1) is 0 Å². The van der Waals surface area contributed by atoms with Gasteiger partial charge in [-0.1, -0.05) is 13.8 Å². The molecular weight excluding hydrogens is 380 g/mol. The summed E-state index contributed by atoms with van der Waals surface area (Å²) in [5.74, 6) is 0.324. The lowest BCUT2D eigenvalue weighted by atomic mass is 9.96. The number of likely N-dealkylation sites (tertiary alicyclic amines) is 1. The molecule has 0 bridgehead atoms. The Morgan fingerprint density at radius 2 is 2.03 bits per heavy atom. The fraction of sp³-hybridized carbons (Fsp3) is 0.591. The number of nitriles is 1. The van der Waals surface area contributed by atoms with Gasteiger partial charge in [-0.3, -0.25) is 9.59 Å². The summed E-state index contributed by atoms with van der Waals surface area (Å²) in [6.45, 7) is 5.19. The third-order valence-electron chi connectivity index (χ3n) is 5.94. The Kier molecular flexibility index (Phi) is 5.71. The molecule has 0 spiro atoms. The highest BCUT2D eigenvalue weighted by atomic mass is 16.2. The molecule has 0 aromatic carbocycles. The Balaban J connectivity index is 1.51. The lowest BCUT2D eigenvalue weighted by Crippen LogP contribution is -2.51. The maximum Gasteiger partial charge on any atom is 0.255 e. The third-order valence-corrected chi connectivity index (χ3v) is 5.94. The van der Waals surface area contributed by atoms with Crippen LogP contribution in [-0.2, 0) is 4.79 Å². The molecule has 2 aromatic heterocycles. The van der Waals surface area contributed by atoms with Gasteiger partial charge in [0.05, 0.1) is 23.5 Å². The summed E-state index contributed by atoms with van der Waals surface area (Å²) in [4.78, 5) is 40.1. The van der Waals surface area contributed by atoms with Gasteiger partial charge in [0.2, 0.25) is 5.91 Å². The highest BCUT2D eigenvalue weighted by molar-refractivity contribution is 6.05. The first kappa shape index (κ1) is 20.3. The molecule has 1 aliphatic carbocycles. The van der Waals surface area contributed by atoms with Gasteiger partial charge in [0, 0.05) is 31.1 Å².